The van der Waals surface area contributed by atoms with Gasteiger partial charge in [0.2, 0.25) is 0 Å². The molecule has 1 heterocycles. The van der Waals surface area contributed by atoms with Gasteiger partial charge < -0.3 is 19.9 Å². The fraction of sp³-hybridized carbons (Fsp3) is 0.269. The van der Waals surface area contributed by atoms with Crippen LogP contribution in [-0.4, -0.2) is 41.2 Å². The highest BCUT2D eigenvalue weighted by molar-refractivity contribution is 5.97. The molecule has 7 nitrogen and oxygen atoms in total. The van der Waals surface area contributed by atoms with Crippen LogP contribution in [0.25, 0.3) is 0 Å². The SMILES string of the molecule is COc1ccnc(C(=O)N[C@@H](C)C(=O)O[C@@H](C)[C@H](c2ccc(F)cc2)c2ccc(C)cc2F)c1O. The lowest BCUT2D eigenvalue weighted by Crippen LogP contribution is -2.41. The maximum absolute atomic E-state index is 14.9. The normalized spacial score (nSPS) is 13.4. The Labute approximate surface area is 201 Å². The molecule has 3 aromatic rings. The molecule has 0 aliphatic rings. The van der Waals surface area contributed by atoms with Crippen LogP contribution in [0.4, 0.5) is 8.78 Å². The topological polar surface area (TPSA) is 97.8 Å². The molecule has 9 heteroatoms. The van der Waals surface area contributed by atoms with Crippen molar-refractivity contribution in [1.82, 2.24) is 10.3 Å². The molecule has 0 saturated carbocycles. The van der Waals surface area contributed by atoms with Gasteiger partial charge in [0.1, 0.15) is 23.8 Å². The Kier molecular flexibility index (Phi) is 8.01. The molecule has 0 fully saturated rings. The number of hydrogen-bond acceptors (Lipinski definition) is 6. The van der Waals surface area contributed by atoms with Gasteiger partial charge in [0.15, 0.2) is 17.2 Å². The number of amides is 1. The third kappa shape index (κ3) is 5.92. The van der Waals surface area contributed by atoms with Gasteiger partial charge in [0, 0.05) is 18.2 Å². The average molecular weight is 484 g/mol. The molecule has 2 N–H and O–H groups in total. The number of rotatable bonds is 8. The van der Waals surface area contributed by atoms with Crippen molar-refractivity contribution in [2.75, 3.05) is 7.11 Å². The second kappa shape index (κ2) is 10.9. The van der Waals surface area contributed by atoms with Crippen LogP contribution in [0.15, 0.2) is 54.7 Å². The Balaban J connectivity index is 1.80. The molecule has 0 saturated heterocycles. The van der Waals surface area contributed by atoms with Crippen molar-refractivity contribution in [1.29, 1.82) is 0 Å². The quantitative estimate of drug-likeness (QED) is 0.464. The van der Waals surface area contributed by atoms with Crippen LogP contribution in [0, 0.1) is 18.6 Å². The number of methoxy groups -OCH3 is 1. The van der Waals surface area contributed by atoms with E-state index in [1.165, 1.54) is 56.6 Å². The summed E-state index contributed by atoms with van der Waals surface area (Å²) in [6, 6.07) is 10.5. The van der Waals surface area contributed by atoms with E-state index in [1.54, 1.807) is 26.0 Å². The monoisotopic (exact) mass is 484 g/mol. The van der Waals surface area contributed by atoms with E-state index in [-0.39, 0.29) is 17.0 Å². The van der Waals surface area contributed by atoms with E-state index >= 15 is 0 Å². The summed E-state index contributed by atoms with van der Waals surface area (Å²) in [4.78, 5) is 29.2. The maximum Gasteiger partial charge on any atom is 0.328 e. The van der Waals surface area contributed by atoms with Gasteiger partial charge >= 0.3 is 5.97 Å². The highest BCUT2D eigenvalue weighted by Crippen LogP contribution is 2.32. The number of esters is 1. The number of carbonyl (C=O) groups excluding carboxylic acids is 2. The number of hydrogen-bond donors (Lipinski definition) is 2. The Morgan fingerprint density at radius 2 is 1.74 bits per heavy atom. The molecule has 3 rings (SSSR count). The predicted octanol–water partition coefficient (Wildman–Crippen LogP) is 4.26. The lowest BCUT2D eigenvalue weighted by molar-refractivity contribution is -0.150. The zero-order valence-corrected chi connectivity index (χ0v) is 19.7. The number of pyridine rings is 1. The molecular formula is C26H26F2N2O5. The van der Waals surface area contributed by atoms with Gasteiger partial charge in [-0.15, -0.1) is 0 Å². The largest absolute Gasteiger partial charge is 0.503 e. The van der Waals surface area contributed by atoms with Gasteiger partial charge in [-0.25, -0.2) is 18.6 Å². The fourth-order valence-electron chi connectivity index (χ4n) is 3.70. The van der Waals surface area contributed by atoms with Crippen molar-refractivity contribution in [3.8, 4) is 11.5 Å². The molecule has 0 radical (unpaired) electrons. The van der Waals surface area contributed by atoms with E-state index in [1.807, 2.05) is 0 Å². The molecule has 1 aromatic heterocycles. The van der Waals surface area contributed by atoms with Crippen LogP contribution in [0.5, 0.6) is 11.5 Å². The lowest BCUT2D eigenvalue weighted by atomic mass is 9.86. The Morgan fingerprint density at radius 1 is 1.06 bits per heavy atom. The third-order valence-electron chi connectivity index (χ3n) is 5.51. The smallest absolute Gasteiger partial charge is 0.328 e. The summed E-state index contributed by atoms with van der Waals surface area (Å²) < 4.78 is 38.9. The third-order valence-corrected chi connectivity index (χ3v) is 5.51. The van der Waals surface area contributed by atoms with Crippen molar-refractivity contribution >= 4 is 11.9 Å². The lowest BCUT2D eigenvalue weighted by Gasteiger charge is -2.27. The van der Waals surface area contributed by atoms with Crippen LogP contribution < -0.4 is 10.1 Å². The van der Waals surface area contributed by atoms with E-state index in [9.17, 15) is 23.5 Å². The zero-order valence-electron chi connectivity index (χ0n) is 19.7. The summed E-state index contributed by atoms with van der Waals surface area (Å²) in [5.41, 5.74) is 1.24. The number of halogens is 2. The standard InChI is InChI=1S/C26H26F2N2O5/c1-14-5-10-19(20(28)13-14)22(17-6-8-18(27)9-7-17)16(3)35-26(33)15(2)30-25(32)23-24(31)21(34-4)11-12-29-23/h5-13,15-16,22,31H,1-4H3,(H,30,32)/t15-,16-,22+/m0/s1. The van der Waals surface area contributed by atoms with E-state index in [2.05, 4.69) is 10.3 Å². The minimum absolute atomic E-state index is 0.0521. The van der Waals surface area contributed by atoms with Gasteiger partial charge in [-0.1, -0.05) is 24.3 Å². The first kappa shape index (κ1) is 25.6. The van der Waals surface area contributed by atoms with E-state index in [0.717, 1.165) is 5.56 Å². The van der Waals surface area contributed by atoms with Crippen LogP contribution >= 0.6 is 0 Å². The van der Waals surface area contributed by atoms with Crippen LogP contribution in [0.2, 0.25) is 0 Å². The molecule has 0 spiro atoms. The molecule has 35 heavy (non-hydrogen) atoms. The minimum Gasteiger partial charge on any atom is -0.503 e. The number of benzene rings is 2. The molecule has 0 aliphatic carbocycles. The molecule has 0 aliphatic heterocycles. The molecule has 184 valence electrons. The second-order valence-electron chi connectivity index (χ2n) is 8.10. The fourth-order valence-corrected chi connectivity index (χ4v) is 3.70. The molecule has 0 bridgehead atoms. The molecule has 2 aromatic carbocycles. The Morgan fingerprint density at radius 3 is 2.37 bits per heavy atom. The van der Waals surface area contributed by atoms with Crippen LogP contribution in [0.3, 0.4) is 0 Å². The first-order valence-corrected chi connectivity index (χ1v) is 10.9. The number of ether oxygens (including phenoxy) is 2. The summed E-state index contributed by atoms with van der Waals surface area (Å²) in [5.74, 6) is -3.67. The first-order chi connectivity index (χ1) is 16.6. The molecule has 3 atom stereocenters. The van der Waals surface area contributed by atoms with Gasteiger partial charge in [-0.3, -0.25) is 4.79 Å². The summed E-state index contributed by atoms with van der Waals surface area (Å²) in [5, 5.41) is 12.5. The van der Waals surface area contributed by atoms with Crippen molar-refractivity contribution in [3.63, 3.8) is 0 Å². The molecule has 0 unspecified atom stereocenters. The zero-order chi connectivity index (χ0) is 25.7. The summed E-state index contributed by atoms with van der Waals surface area (Å²) in [6.45, 7) is 4.75. The van der Waals surface area contributed by atoms with Crippen molar-refractivity contribution in [2.45, 2.75) is 38.8 Å². The van der Waals surface area contributed by atoms with Crippen LogP contribution in [-0.2, 0) is 9.53 Å². The first-order valence-electron chi connectivity index (χ1n) is 10.9. The van der Waals surface area contributed by atoms with Crippen molar-refractivity contribution < 1.29 is 33.0 Å². The number of aryl methyl sites for hydroxylation is 1. The molecule has 1 amide bonds. The number of nitrogens with one attached hydrogen (secondary N) is 1. The molecular weight excluding hydrogens is 458 g/mol. The number of aromatic hydroxyl groups is 1. The van der Waals surface area contributed by atoms with Crippen molar-refractivity contribution in [2.24, 2.45) is 0 Å². The number of carbonyl (C=O) groups is 2. The number of nitrogens with zero attached hydrogens (tertiary/aromatic N) is 1. The van der Waals surface area contributed by atoms with Gasteiger partial charge in [0.25, 0.3) is 5.91 Å². The highest BCUT2D eigenvalue weighted by Gasteiger charge is 2.30. The Hall–Kier alpha value is -4.01. The summed E-state index contributed by atoms with van der Waals surface area (Å²) >= 11 is 0. The van der Waals surface area contributed by atoms with E-state index in [4.69, 9.17) is 9.47 Å². The van der Waals surface area contributed by atoms with Gasteiger partial charge in [-0.2, -0.15) is 0 Å². The summed E-state index contributed by atoms with van der Waals surface area (Å²) in [6.07, 6.45) is 0.412. The van der Waals surface area contributed by atoms with Crippen LogP contribution in [0.1, 0.15) is 46.9 Å². The second-order valence-corrected chi connectivity index (χ2v) is 8.10. The van der Waals surface area contributed by atoms with Crippen molar-refractivity contribution in [3.05, 3.63) is 88.7 Å². The minimum atomic E-state index is -1.12. The number of aromatic nitrogens is 1. The van der Waals surface area contributed by atoms with E-state index < -0.39 is 47.3 Å². The van der Waals surface area contributed by atoms with Gasteiger partial charge in [0.05, 0.1) is 7.11 Å². The average Bonchev–Trinajstić information content (AvgIpc) is 2.81. The van der Waals surface area contributed by atoms with Gasteiger partial charge in [-0.05, 0) is 55.7 Å². The highest BCUT2D eigenvalue weighted by atomic mass is 19.1. The maximum atomic E-state index is 14.9. The summed E-state index contributed by atoms with van der Waals surface area (Å²) in [7, 11) is 1.33. The Bertz CT molecular complexity index is 1220. The van der Waals surface area contributed by atoms with E-state index in [0.29, 0.717) is 5.56 Å². The predicted molar refractivity (Wildman–Crippen MR) is 124 cm³/mol.